The SMILES string of the molecule is CC(=C[C@H](C(C)C)N(C)C(=O)[C@@H](NC(=O)C1CCCCN1C(C)C)C(C)(C)C)C(=O)N1CCC[C@H]1C(=O)NCC(C)C. The molecule has 4 amide bonds. The lowest BCUT2D eigenvalue weighted by molar-refractivity contribution is -0.142. The van der Waals surface area contributed by atoms with Gasteiger partial charge in [0.15, 0.2) is 0 Å². The summed E-state index contributed by atoms with van der Waals surface area (Å²) in [4.78, 5) is 59.6. The minimum atomic E-state index is -0.718. The van der Waals surface area contributed by atoms with Crippen molar-refractivity contribution in [1.29, 1.82) is 0 Å². The zero-order valence-corrected chi connectivity index (χ0v) is 28.3. The van der Waals surface area contributed by atoms with Crippen molar-refractivity contribution in [3.8, 4) is 0 Å². The normalized spacial score (nSPS) is 22.0. The van der Waals surface area contributed by atoms with Gasteiger partial charge in [-0.3, -0.25) is 24.1 Å². The molecular weight excluding hydrogens is 530 g/mol. The molecule has 2 saturated heterocycles. The second kappa shape index (κ2) is 15.3. The number of rotatable bonds is 11. The van der Waals surface area contributed by atoms with E-state index >= 15 is 0 Å². The van der Waals surface area contributed by atoms with Crippen LogP contribution in [0, 0.1) is 17.3 Å². The topological polar surface area (TPSA) is 102 Å². The molecule has 0 radical (unpaired) electrons. The van der Waals surface area contributed by atoms with Crippen LogP contribution in [0.1, 0.15) is 101 Å². The third-order valence-electron chi connectivity index (χ3n) is 8.65. The van der Waals surface area contributed by atoms with Crippen LogP contribution in [-0.4, -0.2) is 95.2 Å². The van der Waals surface area contributed by atoms with Crippen molar-refractivity contribution in [2.45, 2.75) is 132 Å². The molecular formula is C33H59N5O4. The molecule has 0 bridgehead atoms. The minimum absolute atomic E-state index is 0.0245. The molecule has 2 fully saturated rings. The van der Waals surface area contributed by atoms with Crippen molar-refractivity contribution in [3.63, 3.8) is 0 Å². The number of likely N-dealkylation sites (N-methyl/N-ethyl adjacent to an activating group) is 1. The summed E-state index contributed by atoms with van der Waals surface area (Å²) in [5.74, 6) is -0.187. The van der Waals surface area contributed by atoms with Gasteiger partial charge >= 0.3 is 0 Å². The average Bonchev–Trinajstić information content (AvgIpc) is 3.41. The Morgan fingerprint density at radius 3 is 2.07 bits per heavy atom. The van der Waals surface area contributed by atoms with Gasteiger partial charge in [-0.25, -0.2) is 0 Å². The van der Waals surface area contributed by atoms with E-state index in [1.54, 1.807) is 23.8 Å². The molecule has 2 heterocycles. The number of likely N-dealkylation sites (tertiary alicyclic amines) is 2. The van der Waals surface area contributed by atoms with Gasteiger partial charge in [0.2, 0.25) is 23.6 Å². The summed E-state index contributed by atoms with van der Waals surface area (Å²) >= 11 is 0. The predicted molar refractivity (Wildman–Crippen MR) is 169 cm³/mol. The fourth-order valence-electron chi connectivity index (χ4n) is 6.10. The van der Waals surface area contributed by atoms with E-state index in [4.69, 9.17) is 0 Å². The first kappa shape index (κ1) is 35.8. The Kier molecular flexibility index (Phi) is 13.1. The van der Waals surface area contributed by atoms with E-state index in [-0.39, 0.29) is 47.7 Å². The summed E-state index contributed by atoms with van der Waals surface area (Å²) in [6.45, 7) is 22.0. The number of nitrogens with zero attached hydrogens (tertiary/aromatic N) is 3. The fourth-order valence-corrected chi connectivity index (χ4v) is 6.10. The Hall–Kier alpha value is -2.42. The minimum Gasteiger partial charge on any atom is -0.354 e. The molecule has 0 aromatic carbocycles. The van der Waals surface area contributed by atoms with E-state index < -0.39 is 17.5 Å². The first-order valence-corrected chi connectivity index (χ1v) is 16.1. The Labute approximate surface area is 255 Å². The molecule has 2 aliphatic heterocycles. The van der Waals surface area contributed by atoms with E-state index in [2.05, 4.69) is 29.4 Å². The second-order valence-electron chi connectivity index (χ2n) is 14.5. The Morgan fingerprint density at radius 2 is 1.52 bits per heavy atom. The molecule has 9 heteroatoms. The lowest BCUT2D eigenvalue weighted by Crippen LogP contribution is -2.60. The Morgan fingerprint density at radius 1 is 0.905 bits per heavy atom. The molecule has 0 aromatic heterocycles. The first-order valence-electron chi connectivity index (χ1n) is 16.1. The van der Waals surface area contributed by atoms with Crippen molar-refractivity contribution in [1.82, 2.24) is 25.3 Å². The first-order chi connectivity index (χ1) is 19.5. The molecule has 240 valence electrons. The van der Waals surface area contributed by atoms with Crippen molar-refractivity contribution in [2.24, 2.45) is 17.3 Å². The van der Waals surface area contributed by atoms with E-state index in [0.29, 0.717) is 31.0 Å². The van der Waals surface area contributed by atoms with Crippen molar-refractivity contribution in [2.75, 3.05) is 26.7 Å². The van der Waals surface area contributed by atoms with E-state index in [0.717, 1.165) is 32.2 Å². The maximum atomic E-state index is 14.1. The van der Waals surface area contributed by atoms with Gasteiger partial charge in [-0.05, 0) is 70.3 Å². The highest BCUT2D eigenvalue weighted by Gasteiger charge is 2.40. The summed E-state index contributed by atoms with van der Waals surface area (Å²) in [5.41, 5.74) is 0.00336. The number of piperidine rings is 1. The largest absolute Gasteiger partial charge is 0.354 e. The third-order valence-corrected chi connectivity index (χ3v) is 8.65. The maximum Gasteiger partial charge on any atom is 0.249 e. The maximum absolute atomic E-state index is 14.1. The van der Waals surface area contributed by atoms with Crippen LogP contribution in [0.25, 0.3) is 0 Å². The van der Waals surface area contributed by atoms with Gasteiger partial charge in [0.05, 0.1) is 12.1 Å². The van der Waals surface area contributed by atoms with Crippen LogP contribution in [-0.2, 0) is 19.2 Å². The van der Waals surface area contributed by atoms with E-state index in [1.165, 1.54) is 0 Å². The zero-order chi connectivity index (χ0) is 31.9. The van der Waals surface area contributed by atoms with Crippen molar-refractivity contribution < 1.29 is 19.2 Å². The number of carbonyl (C=O) groups excluding carboxylic acids is 4. The summed E-state index contributed by atoms with van der Waals surface area (Å²) in [7, 11) is 1.76. The third kappa shape index (κ3) is 9.29. The molecule has 0 saturated carbocycles. The molecule has 2 rings (SSSR count). The van der Waals surface area contributed by atoms with Gasteiger partial charge in [0.1, 0.15) is 12.1 Å². The number of hydrogen-bond donors (Lipinski definition) is 2. The van der Waals surface area contributed by atoms with Gasteiger partial charge in [-0.1, -0.05) is 61.0 Å². The Bertz CT molecular complexity index is 983. The van der Waals surface area contributed by atoms with Gasteiger partial charge in [0.25, 0.3) is 0 Å². The van der Waals surface area contributed by atoms with Gasteiger partial charge in [-0.15, -0.1) is 0 Å². The lowest BCUT2D eigenvalue weighted by atomic mass is 9.84. The highest BCUT2D eigenvalue weighted by atomic mass is 16.2. The van der Waals surface area contributed by atoms with Crippen molar-refractivity contribution >= 4 is 23.6 Å². The molecule has 0 aromatic rings. The molecule has 42 heavy (non-hydrogen) atoms. The Balaban J connectivity index is 2.25. The van der Waals surface area contributed by atoms with Crippen LogP contribution in [0.3, 0.4) is 0 Å². The number of hydrogen-bond acceptors (Lipinski definition) is 5. The summed E-state index contributed by atoms with van der Waals surface area (Å²) in [5, 5.41) is 6.10. The van der Waals surface area contributed by atoms with Crippen LogP contribution in [0.2, 0.25) is 0 Å². The van der Waals surface area contributed by atoms with Crippen LogP contribution in [0.5, 0.6) is 0 Å². The molecule has 0 aliphatic carbocycles. The summed E-state index contributed by atoms with van der Waals surface area (Å²) < 4.78 is 0. The lowest BCUT2D eigenvalue weighted by Gasteiger charge is -2.41. The molecule has 1 unspecified atom stereocenters. The van der Waals surface area contributed by atoms with Gasteiger partial charge in [-0.2, -0.15) is 0 Å². The van der Waals surface area contributed by atoms with Gasteiger partial charge < -0.3 is 20.4 Å². The second-order valence-corrected chi connectivity index (χ2v) is 14.5. The molecule has 0 spiro atoms. The zero-order valence-electron chi connectivity index (χ0n) is 28.3. The van der Waals surface area contributed by atoms with Crippen LogP contribution in [0.15, 0.2) is 11.6 Å². The smallest absolute Gasteiger partial charge is 0.249 e. The number of nitrogens with one attached hydrogen (secondary N) is 2. The monoisotopic (exact) mass is 589 g/mol. The van der Waals surface area contributed by atoms with E-state index in [1.807, 2.05) is 54.5 Å². The summed E-state index contributed by atoms with van der Waals surface area (Å²) in [6, 6.07) is -1.54. The van der Waals surface area contributed by atoms with Crippen LogP contribution in [0.4, 0.5) is 0 Å². The van der Waals surface area contributed by atoms with E-state index in [9.17, 15) is 19.2 Å². The predicted octanol–water partition coefficient (Wildman–Crippen LogP) is 3.97. The molecule has 4 atom stereocenters. The number of carbonyl (C=O) groups is 4. The standard InChI is InChI=1S/C33H59N5O4/c1-21(2)20-34-29(39)25-16-14-18-38(25)31(41)24(7)19-27(22(3)4)36(11)32(42)28(33(8,9)10)35-30(40)26-15-12-13-17-37(26)23(5)6/h19,21-23,25-28H,12-18,20H2,1-11H3,(H,34,39)(H,35,40)/t25-,26?,27+,28+/m0/s1. The highest BCUT2D eigenvalue weighted by Crippen LogP contribution is 2.27. The summed E-state index contributed by atoms with van der Waals surface area (Å²) in [6.07, 6.45) is 6.16. The highest BCUT2D eigenvalue weighted by molar-refractivity contribution is 5.97. The molecule has 2 aliphatic rings. The molecule has 9 nitrogen and oxygen atoms in total. The van der Waals surface area contributed by atoms with Crippen molar-refractivity contribution in [3.05, 3.63) is 11.6 Å². The van der Waals surface area contributed by atoms with Crippen LogP contribution >= 0.6 is 0 Å². The van der Waals surface area contributed by atoms with Crippen LogP contribution < -0.4 is 10.6 Å². The fraction of sp³-hybridized carbons (Fsp3) is 0.818. The quantitative estimate of drug-likeness (QED) is 0.355. The van der Waals surface area contributed by atoms with Gasteiger partial charge in [0, 0.05) is 31.8 Å². The average molecular weight is 590 g/mol. The molecule has 2 N–H and O–H groups in total. The number of amides is 4.